The summed E-state index contributed by atoms with van der Waals surface area (Å²) in [7, 11) is 2.15. The van der Waals surface area contributed by atoms with Crippen LogP contribution in [0, 0.1) is 5.82 Å². The lowest BCUT2D eigenvalue weighted by Gasteiger charge is -2.22. The number of benzene rings is 1. The van der Waals surface area contributed by atoms with Crippen molar-refractivity contribution in [3.63, 3.8) is 0 Å². The predicted molar refractivity (Wildman–Crippen MR) is 83.4 cm³/mol. The first-order valence-corrected chi connectivity index (χ1v) is 7.45. The normalized spacial score (nSPS) is 15.6. The van der Waals surface area contributed by atoms with Crippen molar-refractivity contribution in [1.29, 1.82) is 0 Å². The van der Waals surface area contributed by atoms with E-state index in [9.17, 15) is 4.39 Å². The molecule has 1 saturated heterocycles. The molecule has 0 amide bonds. The first kappa shape index (κ1) is 17.9. The summed E-state index contributed by atoms with van der Waals surface area (Å²) < 4.78 is 12.8. The fraction of sp³-hybridized carbons (Fsp3) is 0.625. The van der Waals surface area contributed by atoms with Gasteiger partial charge in [-0.1, -0.05) is 27.7 Å². The molecule has 0 aliphatic carbocycles. The molecule has 1 aromatic rings. The summed E-state index contributed by atoms with van der Waals surface area (Å²) in [5.41, 5.74) is 1.13. The Kier molecular flexibility index (Phi) is 10.2. The first-order chi connectivity index (χ1) is 9.25. The maximum atomic E-state index is 12.8. The molecule has 1 aromatic carbocycles. The minimum absolute atomic E-state index is 0.161. The average molecular weight is 268 g/mol. The van der Waals surface area contributed by atoms with Crippen LogP contribution in [0.3, 0.4) is 0 Å². The Morgan fingerprint density at radius 3 is 2.00 bits per heavy atom. The quantitative estimate of drug-likeness (QED) is 0.759. The van der Waals surface area contributed by atoms with Gasteiger partial charge in [-0.15, -0.1) is 0 Å². The van der Waals surface area contributed by atoms with Crippen molar-refractivity contribution in [2.45, 2.75) is 34.1 Å². The molecule has 0 bridgehead atoms. The molecular weight excluding hydrogens is 239 g/mol. The molecule has 1 aliphatic rings. The Labute approximate surface area is 118 Å². The van der Waals surface area contributed by atoms with Gasteiger partial charge in [0.2, 0.25) is 0 Å². The second kappa shape index (κ2) is 10.8. The molecular formula is C16H29FN2. The number of rotatable bonds is 1. The predicted octanol–water partition coefficient (Wildman–Crippen LogP) is 4.02. The highest BCUT2D eigenvalue weighted by atomic mass is 19.1. The average Bonchev–Trinajstić information content (AvgIpc) is 2.69. The zero-order chi connectivity index (χ0) is 14.7. The largest absolute Gasteiger partial charge is 0.370 e. The summed E-state index contributed by atoms with van der Waals surface area (Å²) in [5.74, 6) is -0.161. The lowest BCUT2D eigenvalue weighted by Crippen LogP contribution is -2.28. The monoisotopic (exact) mass is 268 g/mol. The van der Waals surface area contributed by atoms with Crippen molar-refractivity contribution in [2.75, 3.05) is 38.1 Å². The molecule has 2 nitrogen and oxygen atoms in total. The van der Waals surface area contributed by atoms with Crippen molar-refractivity contribution in [3.8, 4) is 0 Å². The van der Waals surface area contributed by atoms with Crippen LogP contribution in [-0.4, -0.2) is 38.1 Å². The molecule has 1 heterocycles. The molecule has 0 spiro atoms. The molecule has 19 heavy (non-hydrogen) atoms. The van der Waals surface area contributed by atoms with Crippen LogP contribution < -0.4 is 4.90 Å². The van der Waals surface area contributed by atoms with Gasteiger partial charge in [-0.2, -0.15) is 0 Å². The van der Waals surface area contributed by atoms with Crippen LogP contribution in [0.15, 0.2) is 24.3 Å². The molecule has 2 rings (SSSR count). The minimum atomic E-state index is -0.161. The van der Waals surface area contributed by atoms with E-state index < -0.39 is 0 Å². The molecule has 3 heteroatoms. The van der Waals surface area contributed by atoms with Gasteiger partial charge in [-0.25, -0.2) is 4.39 Å². The minimum Gasteiger partial charge on any atom is -0.370 e. The van der Waals surface area contributed by atoms with Crippen molar-refractivity contribution in [1.82, 2.24) is 4.90 Å². The van der Waals surface area contributed by atoms with Crippen LogP contribution in [0.2, 0.25) is 0 Å². The Bertz CT molecular complexity index is 311. The SMILES string of the molecule is CC.CC.CN1CCCN(c2ccc(F)cc2)CC1. The summed E-state index contributed by atoms with van der Waals surface area (Å²) in [6.45, 7) is 12.3. The Balaban J connectivity index is 0.000000741. The van der Waals surface area contributed by atoms with Gasteiger partial charge in [0.15, 0.2) is 0 Å². The number of anilines is 1. The maximum Gasteiger partial charge on any atom is 0.123 e. The summed E-state index contributed by atoms with van der Waals surface area (Å²) in [6.07, 6.45) is 1.17. The standard InChI is InChI=1S/C12H17FN2.2C2H6/c1-14-7-2-8-15(10-9-14)12-5-3-11(13)4-6-12;2*1-2/h3-6H,2,7-10H2,1H3;2*1-2H3. The smallest absolute Gasteiger partial charge is 0.123 e. The Hall–Kier alpha value is -1.09. The summed E-state index contributed by atoms with van der Waals surface area (Å²) >= 11 is 0. The number of hydrogen-bond acceptors (Lipinski definition) is 2. The van der Waals surface area contributed by atoms with Gasteiger partial charge in [-0.05, 0) is 44.3 Å². The van der Waals surface area contributed by atoms with Crippen LogP contribution in [0.25, 0.3) is 0 Å². The van der Waals surface area contributed by atoms with Crippen LogP contribution in [0.4, 0.5) is 10.1 Å². The second-order valence-electron chi connectivity index (χ2n) is 4.12. The molecule has 0 N–H and O–H groups in total. The zero-order valence-corrected chi connectivity index (χ0v) is 13.1. The highest BCUT2D eigenvalue weighted by Gasteiger charge is 2.12. The van der Waals surface area contributed by atoms with Gasteiger partial charge in [-0.3, -0.25) is 0 Å². The van der Waals surface area contributed by atoms with Crippen molar-refractivity contribution in [2.24, 2.45) is 0 Å². The van der Waals surface area contributed by atoms with Crippen molar-refractivity contribution >= 4 is 5.69 Å². The van der Waals surface area contributed by atoms with E-state index in [1.54, 1.807) is 0 Å². The van der Waals surface area contributed by atoms with Gasteiger partial charge in [0.05, 0.1) is 0 Å². The van der Waals surface area contributed by atoms with Gasteiger partial charge in [0.25, 0.3) is 0 Å². The maximum absolute atomic E-state index is 12.8. The third-order valence-electron chi connectivity index (χ3n) is 2.91. The number of halogens is 1. The lowest BCUT2D eigenvalue weighted by molar-refractivity contribution is 0.360. The van der Waals surface area contributed by atoms with E-state index in [1.165, 1.54) is 18.6 Å². The highest BCUT2D eigenvalue weighted by Crippen LogP contribution is 2.16. The van der Waals surface area contributed by atoms with Gasteiger partial charge < -0.3 is 9.80 Å². The van der Waals surface area contributed by atoms with E-state index in [-0.39, 0.29) is 5.82 Å². The molecule has 1 fully saturated rings. The molecule has 0 atom stereocenters. The van der Waals surface area contributed by atoms with E-state index in [4.69, 9.17) is 0 Å². The number of hydrogen-bond donors (Lipinski definition) is 0. The Morgan fingerprint density at radius 1 is 0.842 bits per heavy atom. The van der Waals surface area contributed by atoms with Crippen LogP contribution in [-0.2, 0) is 0 Å². The van der Waals surface area contributed by atoms with E-state index >= 15 is 0 Å². The fourth-order valence-corrected chi connectivity index (χ4v) is 1.96. The van der Waals surface area contributed by atoms with Gasteiger partial charge in [0.1, 0.15) is 5.82 Å². The number of nitrogens with zero attached hydrogens (tertiary/aromatic N) is 2. The third kappa shape index (κ3) is 6.58. The van der Waals surface area contributed by atoms with E-state index in [0.29, 0.717) is 0 Å². The highest BCUT2D eigenvalue weighted by molar-refractivity contribution is 5.46. The molecule has 0 saturated carbocycles. The zero-order valence-electron chi connectivity index (χ0n) is 13.1. The summed E-state index contributed by atoms with van der Waals surface area (Å²) in [6, 6.07) is 6.79. The van der Waals surface area contributed by atoms with Crippen LogP contribution >= 0.6 is 0 Å². The van der Waals surface area contributed by atoms with Crippen molar-refractivity contribution in [3.05, 3.63) is 30.1 Å². The fourth-order valence-electron chi connectivity index (χ4n) is 1.96. The van der Waals surface area contributed by atoms with Crippen LogP contribution in [0.5, 0.6) is 0 Å². The topological polar surface area (TPSA) is 6.48 Å². The van der Waals surface area contributed by atoms with Crippen LogP contribution in [0.1, 0.15) is 34.1 Å². The molecule has 1 aliphatic heterocycles. The third-order valence-corrected chi connectivity index (χ3v) is 2.91. The molecule has 0 unspecified atom stereocenters. The van der Waals surface area contributed by atoms with E-state index in [0.717, 1.165) is 31.9 Å². The van der Waals surface area contributed by atoms with E-state index in [1.807, 2.05) is 39.8 Å². The van der Waals surface area contributed by atoms with Gasteiger partial charge in [0, 0.05) is 25.3 Å². The first-order valence-electron chi connectivity index (χ1n) is 7.45. The Morgan fingerprint density at radius 2 is 1.42 bits per heavy atom. The summed E-state index contributed by atoms with van der Waals surface area (Å²) in [4.78, 5) is 4.66. The second-order valence-corrected chi connectivity index (χ2v) is 4.12. The number of likely N-dealkylation sites (N-methyl/N-ethyl adjacent to an activating group) is 1. The lowest BCUT2D eigenvalue weighted by atomic mass is 10.2. The molecule has 0 radical (unpaired) electrons. The van der Waals surface area contributed by atoms with E-state index in [2.05, 4.69) is 16.8 Å². The molecule has 110 valence electrons. The van der Waals surface area contributed by atoms with Crippen molar-refractivity contribution < 1.29 is 4.39 Å². The van der Waals surface area contributed by atoms with Gasteiger partial charge >= 0.3 is 0 Å². The molecule has 0 aromatic heterocycles. The summed E-state index contributed by atoms with van der Waals surface area (Å²) in [5, 5.41) is 0.